The summed E-state index contributed by atoms with van der Waals surface area (Å²) in [5, 5.41) is 5.59. The number of carbonyl (C=O) groups excluding carboxylic acids is 1. The Bertz CT molecular complexity index is 183. The van der Waals surface area contributed by atoms with Crippen molar-refractivity contribution in [2.45, 2.75) is 0 Å². The van der Waals surface area contributed by atoms with Crippen LogP contribution in [0.2, 0.25) is 0 Å². The first-order valence-corrected chi connectivity index (χ1v) is 3.22. The van der Waals surface area contributed by atoms with Crippen molar-refractivity contribution < 1.29 is 4.79 Å². The van der Waals surface area contributed by atoms with Crippen molar-refractivity contribution in [2.75, 3.05) is 7.05 Å². The maximum absolute atomic E-state index is 10.0. The molecule has 60 valence electrons. The largest absolute Gasteiger partial charge is 0.394 e. The summed E-state index contributed by atoms with van der Waals surface area (Å²) in [4.78, 5) is 10.0. The molecule has 0 spiro atoms. The SMILES string of the molecule is C=CNC(/C=C\NC)=C/C=O. The highest BCUT2D eigenvalue weighted by atomic mass is 16.1. The molecule has 3 heteroatoms. The smallest absolute Gasteiger partial charge is 0.144 e. The van der Waals surface area contributed by atoms with Gasteiger partial charge in [0.25, 0.3) is 0 Å². The number of allylic oxidation sites excluding steroid dienone is 2. The monoisotopic (exact) mass is 152 g/mol. The van der Waals surface area contributed by atoms with Gasteiger partial charge in [0.2, 0.25) is 0 Å². The van der Waals surface area contributed by atoms with Gasteiger partial charge in [-0.05, 0) is 18.5 Å². The van der Waals surface area contributed by atoms with Crippen molar-refractivity contribution in [3.63, 3.8) is 0 Å². The average molecular weight is 152 g/mol. The summed E-state index contributed by atoms with van der Waals surface area (Å²) in [5.41, 5.74) is 0.698. The molecular formula is C8H12N2O. The number of rotatable bonds is 5. The summed E-state index contributed by atoms with van der Waals surface area (Å²) in [6, 6.07) is 0. The molecule has 0 aromatic heterocycles. The minimum absolute atomic E-state index is 0.698. The standard InChI is InChI=1S/C8H12N2O/c1-3-10-8(5-7-11)4-6-9-2/h3-7,9-10H,1H2,2H3/b6-4-,8-5+. The van der Waals surface area contributed by atoms with E-state index in [1.807, 2.05) is 0 Å². The predicted octanol–water partition coefficient (Wildman–Crippen LogP) is 0.535. The van der Waals surface area contributed by atoms with Crippen molar-refractivity contribution in [2.24, 2.45) is 0 Å². The van der Waals surface area contributed by atoms with Crippen molar-refractivity contribution in [3.8, 4) is 0 Å². The van der Waals surface area contributed by atoms with Crippen LogP contribution in [0.1, 0.15) is 0 Å². The van der Waals surface area contributed by atoms with Crippen molar-refractivity contribution in [1.82, 2.24) is 10.6 Å². The van der Waals surface area contributed by atoms with E-state index in [0.717, 1.165) is 0 Å². The Hall–Kier alpha value is -1.51. The molecule has 0 aliphatic carbocycles. The Morgan fingerprint density at radius 3 is 2.73 bits per heavy atom. The van der Waals surface area contributed by atoms with E-state index in [9.17, 15) is 4.79 Å². The molecule has 0 aromatic rings. The summed E-state index contributed by atoms with van der Waals surface area (Å²) in [6.07, 6.45) is 7.08. The van der Waals surface area contributed by atoms with Crippen molar-refractivity contribution in [1.29, 1.82) is 0 Å². The Morgan fingerprint density at radius 1 is 1.55 bits per heavy atom. The Labute approximate surface area is 66.5 Å². The van der Waals surface area contributed by atoms with Gasteiger partial charge < -0.3 is 10.6 Å². The highest BCUT2D eigenvalue weighted by Crippen LogP contribution is 1.88. The van der Waals surface area contributed by atoms with E-state index in [1.54, 1.807) is 19.3 Å². The van der Waals surface area contributed by atoms with Crippen LogP contribution < -0.4 is 10.6 Å². The molecule has 11 heavy (non-hydrogen) atoms. The zero-order valence-electron chi connectivity index (χ0n) is 6.50. The van der Waals surface area contributed by atoms with Crippen LogP contribution in [0.15, 0.2) is 36.8 Å². The zero-order valence-corrected chi connectivity index (χ0v) is 6.50. The van der Waals surface area contributed by atoms with Crippen LogP contribution in [0.25, 0.3) is 0 Å². The second-order valence-corrected chi connectivity index (χ2v) is 1.73. The summed E-state index contributed by atoms with van der Waals surface area (Å²) in [5.74, 6) is 0. The first-order valence-electron chi connectivity index (χ1n) is 3.22. The summed E-state index contributed by atoms with van der Waals surface area (Å²) < 4.78 is 0. The minimum atomic E-state index is 0.698. The molecule has 0 aromatic carbocycles. The van der Waals surface area contributed by atoms with E-state index in [0.29, 0.717) is 12.0 Å². The van der Waals surface area contributed by atoms with Crippen LogP contribution >= 0.6 is 0 Å². The van der Waals surface area contributed by atoms with E-state index in [-0.39, 0.29) is 0 Å². The fourth-order valence-electron chi connectivity index (χ4n) is 0.516. The van der Waals surface area contributed by atoms with Crippen LogP contribution in [0, 0.1) is 0 Å². The van der Waals surface area contributed by atoms with Gasteiger partial charge in [-0.15, -0.1) is 0 Å². The van der Waals surface area contributed by atoms with Crippen LogP contribution in [0.4, 0.5) is 0 Å². The topological polar surface area (TPSA) is 41.1 Å². The fraction of sp³-hybridized carbons (Fsp3) is 0.125. The van der Waals surface area contributed by atoms with E-state index in [1.165, 1.54) is 12.3 Å². The molecule has 0 fully saturated rings. The van der Waals surface area contributed by atoms with E-state index >= 15 is 0 Å². The molecule has 0 aliphatic rings. The summed E-state index contributed by atoms with van der Waals surface area (Å²) in [7, 11) is 1.78. The minimum Gasteiger partial charge on any atom is -0.394 e. The molecule has 0 saturated carbocycles. The fourth-order valence-corrected chi connectivity index (χ4v) is 0.516. The average Bonchev–Trinajstić information content (AvgIpc) is 2.01. The first kappa shape index (κ1) is 9.49. The molecule has 0 heterocycles. The molecule has 0 unspecified atom stereocenters. The van der Waals surface area contributed by atoms with Gasteiger partial charge in [-0.1, -0.05) is 6.58 Å². The summed E-state index contributed by atoms with van der Waals surface area (Å²) >= 11 is 0. The number of carbonyl (C=O) groups is 1. The van der Waals surface area contributed by atoms with Gasteiger partial charge in [0.05, 0.1) is 0 Å². The lowest BCUT2D eigenvalue weighted by Crippen LogP contribution is -2.03. The lowest BCUT2D eigenvalue weighted by Gasteiger charge is -1.97. The molecule has 0 rings (SSSR count). The molecule has 0 bridgehead atoms. The molecule has 0 aliphatic heterocycles. The van der Waals surface area contributed by atoms with E-state index in [2.05, 4.69) is 17.2 Å². The van der Waals surface area contributed by atoms with Crippen LogP contribution in [0.3, 0.4) is 0 Å². The van der Waals surface area contributed by atoms with Gasteiger partial charge >= 0.3 is 0 Å². The molecule has 0 radical (unpaired) electrons. The van der Waals surface area contributed by atoms with Gasteiger partial charge in [-0.3, -0.25) is 4.79 Å². The Morgan fingerprint density at radius 2 is 2.27 bits per heavy atom. The first-order chi connectivity index (χ1) is 5.35. The van der Waals surface area contributed by atoms with Crippen molar-refractivity contribution in [3.05, 3.63) is 36.8 Å². The van der Waals surface area contributed by atoms with Crippen molar-refractivity contribution >= 4 is 6.29 Å². The second-order valence-electron chi connectivity index (χ2n) is 1.73. The van der Waals surface area contributed by atoms with Crippen LogP contribution in [-0.2, 0) is 4.79 Å². The Balaban J connectivity index is 4.09. The summed E-state index contributed by atoms with van der Waals surface area (Å²) in [6.45, 7) is 3.47. The van der Waals surface area contributed by atoms with E-state index in [4.69, 9.17) is 0 Å². The zero-order chi connectivity index (χ0) is 8.53. The third-order valence-corrected chi connectivity index (χ3v) is 0.946. The molecule has 0 amide bonds. The normalized spacial score (nSPS) is 11.2. The highest BCUT2D eigenvalue weighted by molar-refractivity contribution is 5.67. The van der Waals surface area contributed by atoms with Gasteiger partial charge in [-0.2, -0.15) is 0 Å². The highest BCUT2D eigenvalue weighted by Gasteiger charge is 1.83. The molecule has 0 saturated heterocycles. The molecule has 2 N–H and O–H groups in total. The van der Waals surface area contributed by atoms with Crippen LogP contribution in [0.5, 0.6) is 0 Å². The molecule has 0 atom stereocenters. The molecular weight excluding hydrogens is 140 g/mol. The third-order valence-electron chi connectivity index (χ3n) is 0.946. The van der Waals surface area contributed by atoms with Gasteiger partial charge in [0.1, 0.15) is 6.29 Å². The van der Waals surface area contributed by atoms with Gasteiger partial charge in [0.15, 0.2) is 0 Å². The second kappa shape index (κ2) is 6.61. The van der Waals surface area contributed by atoms with Gasteiger partial charge in [-0.25, -0.2) is 0 Å². The lowest BCUT2D eigenvalue weighted by atomic mass is 10.4. The van der Waals surface area contributed by atoms with Crippen LogP contribution in [-0.4, -0.2) is 13.3 Å². The maximum atomic E-state index is 10.0. The maximum Gasteiger partial charge on any atom is 0.144 e. The lowest BCUT2D eigenvalue weighted by molar-refractivity contribution is -0.104. The number of aldehydes is 1. The van der Waals surface area contributed by atoms with Gasteiger partial charge in [0, 0.05) is 18.8 Å². The predicted molar refractivity (Wildman–Crippen MR) is 45.7 cm³/mol. The van der Waals surface area contributed by atoms with E-state index < -0.39 is 0 Å². The number of hydrogen-bond donors (Lipinski definition) is 2. The quantitative estimate of drug-likeness (QED) is 0.343. The third kappa shape index (κ3) is 4.96. The number of hydrogen-bond acceptors (Lipinski definition) is 3. The number of nitrogens with one attached hydrogen (secondary N) is 2. The Kier molecular flexibility index (Phi) is 5.70. The molecule has 3 nitrogen and oxygen atoms in total.